The molecule has 4 amide bonds. The summed E-state index contributed by atoms with van der Waals surface area (Å²) in [7, 11) is 0. The highest BCUT2D eigenvalue weighted by Gasteiger charge is 2.30. The van der Waals surface area contributed by atoms with Crippen LogP contribution in [0.3, 0.4) is 0 Å². The molecule has 0 radical (unpaired) electrons. The molecule has 0 aromatic heterocycles. The molecule has 0 spiro atoms. The number of rotatable bonds is 2. The Morgan fingerprint density at radius 1 is 1.00 bits per heavy atom. The lowest BCUT2D eigenvalue weighted by atomic mass is 10.0. The Balaban J connectivity index is 2.36. The molecule has 0 fully saturated rings. The van der Waals surface area contributed by atoms with Gasteiger partial charge in [-0.15, -0.1) is 0 Å². The first-order valence-corrected chi connectivity index (χ1v) is 10.6. The van der Waals surface area contributed by atoms with Crippen LogP contribution < -0.4 is 26.0 Å². The number of para-hydroxylation sites is 1. The number of hydrogen-bond acceptors (Lipinski definition) is 6. The Morgan fingerprint density at radius 3 is 2.30 bits per heavy atom. The number of amides is 4. The van der Waals surface area contributed by atoms with Gasteiger partial charge in [-0.3, -0.25) is 19.2 Å². The van der Waals surface area contributed by atoms with Crippen LogP contribution in [0.1, 0.15) is 44.5 Å². The average molecular weight is 463 g/mol. The summed E-state index contributed by atoms with van der Waals surface area (Å²) in [6, 6.07) is 2.34. The number of carbonyl (C=O) groups excluding carboxylic acids is 4. The summed E-state index contributed by atoms with van der Waals surface area (Å²) in [6.45, 7) is 6.67. The van der Waals surface area contributed by atoms with Gasteiger partial charge in [0, 0.05) is 0 Å². The second-order valence-electron chi connectivity index (χ2n) is 8.30. The number of carbonyl (C=O) groups is 5. The van der Waals surface area contributed by atoms with Crippen molar-refractivity contribution in [1.29, 1.82) is 0 Å². The molecule has 0 aliphatic carbocycles. The van der Waals surface area contributed by atoms with E-state index in [9.17, 15) is 29.1 Å². The van der Waals surface area contributed by atoms with Crippen LogP contribution in [0.15, 0.2) is 24.3 Å². The molecule has 11 heteroatoms. The van der Waals surface area contributed by atoms with E-state index < -0.39 is 60.2 Å². The Bertz CT molecular complexity index is 918. The second-order valence-corrected chi connectivity index (χ2v) is 8.30. The van der Waals surface area contributed by atoms with Crippen LogP contribution in [0.2, 0.25) is 0 Å². The van der Waals surface area contributed by atoms with Crippen molar-refractivity contribution in [1.82, 2.24) is 21.3 Å². The number of hydrogen-bond donors (Lipinski definition) is 5. The molecule has 1 aromatic carbocycles. The highest BCUT2D eigenvalue weighted by Crippen LogP contribution is 2.18. The zero-order chi connectivity index (χ0) is 24.7. The molecule has 0 bridgehead atoms. The van der Waals surface area contributed by atoms with Crippen LogP contribution in [0.25, 0.3) is 0 Å². The smallest absolute Gasteiger partial charge is 0.326 e. The van der Waals surface area contributed by atoms with Gasteiger partial charge in [0.05, 0.1) is 18.0 Å². The number of ether oxygens (including phenoxy) is 1. The van der Waals surface area contributed by atoms with E-state index in [0.717, 1.165) is 0 Å². The summed E-state index contributed by atoms with van der Waals surface area (Å²) in [5, 5.41) is 19.6. The van der Waals surface area contributed by atoms with E-state index >= 15 is 0 Å². The molecule has 180 valence electrons. The molecule has 33 heavy (non-hydrogen) atoms. The fourth-order valence-corrected chi connectivity index (χ4v) is 3.17. The van der Waals surface area contributed by atoms with Gasteiger partial charge in [-0.05, 0) is 31.9 Å². The highest BCUT2D eigenvalue weighted by molar-refractivity contribution is 6.00. The van der Waals surface area contributed by atoms with Crippen LogP contribution in [0, 0.1) is 5.92 Å². The number of carboxylic acid groups (broad SMARTS) is 1. The van der Waals surface area contributed by atoms with Gasteiger partial charge in [0.25, 0.3) is 5.91 Å². The maximum Gasteiger partial charge on any atom is 0.326 e. The van der Waals surface area contributed by atoms with Crippen molar-refractivity contribution in [3.8, 4) is 5.75 Å². The maximum atomic E-state index is 12.7. The lowest BCUT2D eigenvalue weighted by Gasteiger charge is -2.25. The second kappa shape index (κ2) is 11.3. The summed E-state index contributed by atoms with van der Waals surface area (Å²) in [5.74, 6) is -3.98. The number of fused-ring (bicyclic) bond motifs is 1. The summed E-state index contributed by atoms with van der Waals surface area (Å²) in [5.41, 5.74) is 0.0808. The SMILES string of the molecule is CC(C)[C@H]1NC(=O)[C@H](C)NC(=O)C[C@@H](C(=O)O)NC(=O)c2ccccc2OC[C@H](C)NC1=O. The third kappa shape index (κ3) is 7.19. The Labute approximate surface area is 191 Å². The zero-order valence-electron chi connectivity index (χ0n) is 19.0. The third-order valence-corrected chi connectivity index (χ3v) is 5.02. The largest absolute Gasteiger partial charge is 0.491 e. The Morgan fingerprint density at radius 2 is 1.67 bits per heavy atom. The Kier molecular flexibility index (Phi) is 8.78. The Hall–Kier alpha value is -3.63. The zero-order valence-corrected chi connectivity index (χ0v) is 19.0. The topological polar surface area (TPSA) is 163 Å². The van der Waals surface area contributed by atoms with Gasteiger partial charge in [0.1, 0.15) is 30.5 Å². The van der Waals surface area contributed by atoms with Gasteiger partial charge < -0.3 is 31.1 Å². The van der Waals surface area contributed by atoms with Crippen LogP contribution in [0.5, 0.6) is 5.75 Å². The van der Waals surface area contributed by atoms with E-state index in [1.165, 1.54) is 13.0 Å². The van der Waals surface area contributed by atoms with Crippen molar-refractivity contribution < 1.29 is 33.8 Å². The number of nitrogens with one attached hydrogen (secondary N) is 4. The van der Waals surface area contributed by atoms with E-state index in [2.05, 4.69) is 21.3 Å². The normalized spacial score (nSPS) is 25.5. The van der Waals surface area contributed by atoms with Crippen molar-refractivity contribution in [2.75, 3.05) is 6.61 Å². The van der Waals surface area contributed by atoms with Crippen LogP contribution in [-0.4, -0.2) is 65.5 Å². The molecule has 11 nitrogen and oxygen atoms in total. The lowest BCUT2D eigenvalue weighted by Crippen LogP contribution is -2.56. The van der Waals surface area contributed by atoms with E-state index in [4.69, 9.17) is 4.74 Å². The molecule has 0 unspecified atom stereocenters. The minimum atomic E-state index is -1.53. The summed E-state index contributed by atoms with van der Waals surface area (Å²) < 4.78 is 5.71. The molecule has 2 rings (SSSR count). The first kappa shape index (κ1) is 25.6. The fraction of sp³-hybridized carbons (Fsp3) is 0.500. The first-order valence-electron chi connectivity index (χ1n) is 10.6. The molecular formula is C22H30N4O7. The fourth-order valence-electron chi connectivity index (χ4n) is 3.17. The van der Waals surface area contributed by atoms with E-state index in [1.807, 2.05) is 0 Å². The van der Waals surface area contributed by atoms with Gasteiger partial charge in [-0.1, -0.05) is 26.0 Å². The lowest BCUT2D eigenvalue weighted by molar-refractivity contribution is -0.141. The van der Waals surface area contributed by atoms with Crippen molar-refractivity contribution in [2.24, 2.45) is 5.92 Å². The summed E-state index contributed by atoms with van der Waals surface area (Å²) >= 11 is 0. The van der Waals surface area contributed by atoms with Crippen molar-refractivity contribution in [2.45, 2.75) is 58.3 Å². The third-order valence-electron chi connectivity index (χ3n) is 5.02. The number of benzene rings is 1. The molecule has 0 saturated carbocycles. The van der Waals surface area contributed by atoms with Gasteiger partial charge in [-0.2, -0.15) is 0 Å². The summed E-state index contributed by atoms with van der Waals surface area (Å²) in [4.78, 5) is 62.0. The maximum absolute atomic E-state index is 12.7. The van der Waals surface area contributed by atoms with E-state index in [1.54, 1.807) is 39.0 Å². The summed E-state index contributed by atoms with van der Waals surface area (Å²) in [6.07, 6.45) is -0.590. The predicted octanol–water partition coefficient (Wildman–Crippen LogP) is -0.198. The monoisotopic (exact) mass is 462 g/mol. The average Bonchev–Trinajstić information content (AvgIpc) is 2.74. The van der Waals surface area contributed by atoms with Gasteiger partial charge >= 0.3 is 5.97 Å². The standard InChI is InChI=1S/C22H30N4O7/c1-11(2)18-21(30)23-12(3)10-33-16-8-6-5-7-14(16)20(29)25-15(22(31)32)9-17(27)24-13(4)19(28)26-18/h5-8,11-13,15,18H,9-10H2,1-4H3,(H,23,30)(H,24,27)(H,25,29)(H,26,28)(H,31,32)/t12-,13-,15-,18+/m0/s1. The molecular weight excluding hydrogens is 432 g/mol. The van der Waals surface area contributed by atoms with Crippen LogP contribution >= 0.6 is 0 Å². The number of carboxylic acids is 1. The van der Waals surface area contributed by atoms with Crippen molar-refractivity contribution >= 4 is 29.6 Å². The molecule has 1 aromatic rings. The van der Waals surface area contributed by atoms with E-state index in [0.29, 0.717) is 0 Å². The van der Waals surface area contributed by atoms with Gasteiger partial charge in [-0.25, -0.2) is 4.79 Å². The van der Waals surface area contributed by atoms with Crippen LogP contribution in [0.4, 0.5) is 0 Å². The molecule has 4 atom stereocenters. The first-order chi connectivity index (χ1) is 15.5. The van der Waals surface area contributed by atoms with Crippen molar-refractivity contribution in [3.05, 3.63) is 29.8 Å². The van der Waals surface area contributed by atoms with Crippen molar-refractivity contribution in [3.63, 3.8) is 0 Å². The molecule has 1 heterocycles. The molecule has 5 N–H and O–H groups in total. The number of aliphatic carboxylic acids is 1. The minimum absolute atomic E-state index is 0.0214. The highest BCUT2D eigenvalue weighted by atomic mass is 16.5. The van der Waals surface area contributed by atoms with E-state index in [-0.39, 0.29) is 23.8 Å². The molecule has 0 saturated heterocycles. The minimum Gasteiger partial charge on any atom is -0.491 e. The molecule has 1 aliphatic rings. The molecule has 1 aliphatic heterocycles. The van der Waals surface area contributed by atoms with Crippen LogP contribution in [-0.2, 0) is 19.2 Å². The van der Waals surface area contributed by atoms with Gasteiger partial charge in [0.2, 0.25) is 17.7 Å². The predicted molar refractivity (Wildman–Crippen MR) is 117 cm³/mol. The quantitative estimate of drug-likeness (QED) is 0.406. The van der Waals surface area contributed by atoms with Gasteiger partial charge in [0.15, 0.2) is 0 Å².